The number of carbonyl (C=O) groups excluding carboxylic acids is 1. The first kappa shape index (κ1) is 24.1. The van der Waals surface area contributed by atoms with Crippen molar-refractivity contribution in [2.24, 2.45) is 15.0 Å². The average Bonchev–Trinajstić information content (AvgIpc) is 2.83. The van der Waals surface area contributed by atoms with Crippen molar-refractivity contribution in [3.8, 4) is 0 Å². The van der Waals surface area contributed by atoms with E-state index in [2.05, 4.69) is 0 Å². The molecule has 6 heteroatoms. The van der Waals surface area contributed by atoms with Gasteiger partial charge in [0.1, 0.15) is 0 Å². The third kappa shape index (κ3) is 4.92. The van der Waals surface area contributed by atoms with E-state index in [-0.39, 0.29) is 12.2 Å². The first-order chi connectivity index (χ1) is 16.7. The highest BCUT2D eigenvalue weighted by atomic mass is 16.1. The van der Waals surface area contributed by atoms with Crippen LogP contribution in [0, 0.1) is 34.6 Å². The highest BCUT2D eigenvalue weighted by Gasteiger charge is 2.28. The normalized spacial score (nSPS) is 17.5. The van der Waals surface area contributed by atoms with Gasteiger partial charge in [0.05, 0.1) is 40.6 Å². The summed E-state index contributed by atoms with van der Waals surface area (Å²) in [7, 11) is 0. The summed E-state index contributed by atoms with van der Waals surface area (Å²) in [4.78, 5) is 27.8. The number of hydrogen-bond acceptors (Lipinski definition) is 6. The quantitative estimate of drug-likeness (QED) is 0.439. The van der Waals surface area contributed by atoms with Gasteiger partial charge >= 0.3 is 0 Å². The van der Waals surface area contributed by atoms with Crippen LogP contribution in [-0.2, 0) is 4.79 Å². The van der Waals surface area contributed by atoms with Gasteiger partial charge in [-0.2, -0.15) is 0 Å². The number of ketones is 1. The number of carbonyl (C=O) groups is 1. The van der Waals surface area contributed by atoms with E-state index in [4.69, 9.17) is 26.4 Å². The van der Waals surface area contributed by atoms with Crippen LogP contribution < -0.4 is 11.5 Å². The van der Waals surface area contributed by atoms with Gasteiger partial charge in [-0.1, -0.05) is 18.2 Å². The Kier molecular flexibility index (Phi) is 6.65. The first-order valence-corrected chi connectivity index (χ1v) is 11.7. The smallest absolute Gasteiger partial charge is 0.183 e. The number of aryl methyl sites for hydroxylation is 1. The molecule has 1 fully saturated rings. The molecule has 4 rings (SSSR count). The predicted molar refractivity (Wildman–Crippen MR) is 147 cm³/mol. The molecule has 3 aromatic rings. The number of Topliss-reactive ketones (excluding diaryl/α,β-unsaturated/α-hetero) is 1. The van der Waals surface area contributed by atoms with E-state index in [1.807, 2.05) is 83.1 Å². The van der Waals surface area contributed by atoms with Gasteiger partial charge in [-0.15, -0.1) is 0 Å². The largest absolute Gasteiger partial charge is 0.399 e. The van der Waals surface area contributed by atoms with Crippen LogP contribution in [0.1, 0.15) is 40.7 Å². The second kappa shape index (κ2) is 9.66. The van der Waals surface area contributed by atoms with E-state index in [1.54, 1.807) is 0 Å². The lowest BCUT2D eigenvalue weighted by Crippen LogP contribution is -2.33. The maximum atomic E-state index is 13.2. The summed E-state index contributed by atoms with van der Waals surface area (Å²) in [5, 5.41) is 0. The molecular formula is C29H31N5O. The molecule has 0 radical (unpaired) electrons. The molecule has 1 aliphatic carbocycles. The van der Waals surface area contributed by atoms with Crippen LogP contribution in [0.3, 0.4) is 0 Å². The Morgan fingerprint density at radius 1 is 0.571 bits per heavy atom. The summed E-state index contributed by atoms with van der Waals surface area (Å²) in [5.41, 5.74) is 22.8. The number of benzene rings is 3. The Hall–Kier alpha value is -4.06. The van der Waals surface area contributed by atoms with Gasteiger partial charge in [0, 0.05) is 17.8 Å². The van der Waals surface area contributed by atoms with Crippen molar-refractivity contribution in [1.82, 2.24) is 0 Å². The van der Waals surface area contributed by atoms with Crippen LogP contribution in [0.25, 0.3) is 0 Å². The Bertz CT molecular complexity index is 1430. The molecule has 0 heterocycles. The minimum absolute atomic E-state index is 0.0460. The summed E-state index contributed by atoms with van der Waals surface area (Å²) in [5.74, 6) is -0.0460. The topological polar surface area (TPSA) is 106 Å². The lowest BCUT2D eigenvalue weighted by Gasteiger charge is -2.19. The van der Waals surface area contributed by atoms with Gasteiger partial charge in [-0.05, 0) is 92.8 Å². The molecule has 0 amide bonds. The second-order valence-electron chi connectivity index (χ2n) is 9.09. The van der Waals surface area contributed by atoms with E-state index in [9.17, 15) is 4.79 Å². The minimum atomic E-state index is -0.0460. The lowest BCUT2D eigenvalue weighted by molar-refractivity contribution is -0.112. The molecule has 6 nitrogen and oxygen atoms in total. The maximum Gasteiger partial charge on any atom is 0.183 e. The molecule has 35 heavy (non-hydrogen) atoms. The van der Waals surface area contributed by atoms with E-state index >= 15 is 0 Å². The summed E-state index contributed by atoms with van der Waals surface area (Å²) < 4.78 is 0. The number of nitrogen functional groups attached to an aromatic ring is 2. The number of nitrogens with zero attached hydrogens (tertiary/aromatic N) is 3. The van der Waals surface area contributed by atoms with E-state index in [0.29, 0.717) is 23.5 Å². The predicted octanol–water partition coefficient (Wildman–Crippen LogP) is 6.37. The van der Waals surface area contributed by atoms with Crippen molar-refractivity contribution in [2.75, 3.05) is 11.5 Å². The number of anilines is 2. The van der Waals surface area contributed by atoms with Crippen molar-refractivity contribution in [3.05, 3.63) is 76.3 Å². The summed E-state index contributed by atoms with van der Waals surface area (Å²) in [6.45, 7) is 9.93. The zero-order valence-electron chi connectivity index (χ0n) is 20.9. The molecule has 3 aromatic carbocycles. The number of hydrogen-bond donors (Lipinski definition) is 2. The number of aliphatic imine (C=N–C) groups is 3. The number of rotatable bonds is 3. The first-order valence-electron chi connectivity index (χ1n) is 11.7. The fourth-order valence-electron chi connectivity index (χ4n) is 4.05. The molecule has 0 saturated heterocycles. The van der Waals surface area contributed by atoms with Gasteiger partial charge in [0.25, 0.3) is 0 Å². The molecule has 0 aliphatic heterocycles. The van der Waals surface area contributed by atoms with E-state index < -0.39 is 0 Å². The minimum Gasteiger partial charge on any atom is -0.399 e. The summed E-state index contributed by atoms with van der Waals surface area (Å²) >= 11 is 0. The molecule has 0 aromatic heterocycles. The SMILES string of the molecule is Cc1ccccc1N=C1CC(=O)C(=Nc2ccc(N)c(C)c2C)CC1=Nc1ccc(N)c(C)c1C. The average molecular weight is 466 g/mol. The molecular weight excluding hydrogens is 434 g/mol. The van der Waals surface area contributed by atoms with Crippen LogP contribution in [0.15, 0.2) is 63.5 Å². The zero-order chi connectivity index (χ0) is 25.3. The van der Waals surface area contributed by atoms with Crippen LogP contribution in [0.5, 0.6) is 0 Å². The highest BCUT2D eigenvalue weighted by Crippen LogP contribution is 2.30. The van der Waals surface area contributed by atoms with Gasteiger partial charge in [0.15, 0.2) is 5.78 Å². The van der Waals surface area contributed by atoms with Crippen molar-refractivity contribution >= 4 is 51.4 Å². The van der Waals surface area contributed by atoms with Crippen molar-refractivity contribution < 1.29 is 4.79 Å². The summed E-state index contributed by atoms with van der Waals surface area (Å²) in [6.07, 6.45) is 0.446. The van der Waals surface area contributed by atoms with Crippen LogP contribution in [0.2, 0.25) is 0 Å². The monoisotopic (exact) mass is 465 g/mol. The van der Waals surface area contributed by atoms with Crippen LogP contribution in [-0.4, -0.2) is 22.9 Å². The molecule has 0 spiro atoms. The highest BCUT2D eigenvalue weighted by molar-refractivity contribution is 6.62. The Morgan fingerprint density at radius 3 is 1.63 bits per heavy atom. The molecule has 178 valence electrons. The molecule has 1 aliphatic rings. The maximum absolute atomic E-state index is 13.2. The van der Waals surface area contributed by atoms with Crippen molar-refractivity contribution in [3.63, 3.8) is 0 Å². The van der Waals surface area contributed by atoms with Gasteiger partial charge < -0.3 is 11.5 Å². The number of nitrogens with two attached hydrogens (primary N) is 2. The second-order valence-corrected chi connectivity index (χ2v) is 9.09. The third-order valence-corrected chi connectivity index (χ3v) is 6.80. The van der Waals surface area contributed by atoms with Gasteiger partial charge in [-0.25, -0.2) is 4.99 Å². The molecule has 1 saturated carbocycles. The lowest BCUT2D eigenvalue weighted by atomic mass is 9.92. The van der Waals surface area contributed by atoms with Gasteiger partial charge in [-0.3, -0.25) is 14.8 Å². The van der Waals surface area contributed by atoms with E-state index in [0.717, 1.165) is 56.3 Å². The molecule has 4 N–H and O–H groups in total. The molecule has 0 bridgehead atoms. The van der Waals surface area contributed by atoms with Gasteiger partial charge in [0.2, 0.25) is 0 Å². The fraction of sp³-hybridized carbons (Fsp3) is 0.241. The molecule has 0 atom stereocenters. The fourth-order valence-corrected chi connectivity index (χ4v) is 4.05. The third-order valence-electron chi connectivity index (χ3n) is 6.80. The Labute approximate surface area is 206 Å². The summed E-state index contributed by atoms with van der Waals surface area (Å²) in [6, 6.07) is 15.3. The Balaban J connectivity index is 1.84. The van der Waals surface area contributed by atoms with E-state index in [1.165, 1.54) is 0 Å². The molecule has 0 unspecified atom stereocenters. The van der Waals surface area contributed by atoms with Crippen LogP contribution >= 0.6 is 0 Å². The van der Waals surface area contributed by atoms with Crippen LogP contribution in [0.4, 0.5) is 28.4 Å². The zero-order valence-corrected chi connectivity index (χ0v) is 20.9. The number of para-hydroxylation sites is 1. The van der Waals surface area contributed by atoms with Crippen molar-refractivity contribution in [1.29, 1.82) is 0 Å². The van der Waals surface area contributed by atoms with Crippen molar-refractivity contribution in [2.45, 2.75) is 47.5 Å². The standard InChI is InChI=1S/C29H31N5O/c1-16-8-6-7-9-23(16)32-27-15-29(35)28(34-25-13-11-22(31)18(3)20(25)5)14-26(27)33-24-12-10-21(30)17(2)19(24)4/h6-13H,14-15,30-31H2,1-5H3. The Morgan fingerprint density at radius 2 is 1.06 bits per heavy atom.